The summed E-state index contributed by atoms with van der Waals surface area (Å²) in [4.78, 5) is 30.5. The van der Waals surface area contributed by atoms with Crippen molar-refractivity contribution in [2.75, 3.05) is 13.1 Å². The van der Waals surface area contributed by atoms with E-state index in [4.69, 9.17) is 14.5 Å². The van der Waals surface area contributed by atoms with Gasteiger partial charge in [-0.05, 0) is 36.2 Å². The number of aromatic nitrogens is 2. The Labute approximate surface area is 204 Å². The summed E-state index contributed by atoms with van der Waals surface area (Å²) in [5.74, 6) is 0.379. The highest BCUT2D eigenvalue weighted by atomic mass is 16.5. The van der Waals surface area contributed by atoms with Crippen molar-refractivity contribution in [2.45, 2.75) is 53.2 Å². The molecular formula is C27H29N3O5. The molecule has 1 N–H and O–H groups in total. The molecule has 182 valence electrons. The molecule has 4 heterocycles. The molecule has 0 saturated heterocycles. The molecule has 6 rings (SSSR count). The monoisotopic (exact) mass is 475 g/mol. The van der Waals surface area contributed by atoms with E-state index in [-0.39, 0.29) is 18.5 Å². The third-order valence-electron chi connectivity index (χ3n) is 6.86. The molecule has 0 fully saturated rings. The topological polar surface area (TPSA) is 93.9 Å². The Hall–Kier alpha value is -3.49. The van der Waals surface area contributed by atoms with Crippen LogP contribution in [0.5, 0.6) is 0 Å². The number of rotatable bonds is 4. The largest absolute Gasteiger partial charge is 0.457 e. The van der Waals surface area contributed by atoms with E-state index in [2.05, 4.69) is 9.47 Å². The minimum Gasteiger partial charge on any atom is -0.457 e. The van der Waals surface area contributed by atoms with Crippen LogP contribution in [0.3, 0.4) is 0 Å². The van der Waals surface area contributed by atoms with Gasteiger partial charge in [0.1, 0.15) is 19.0 Å². The van der Waals surface area contributed by atoms with Crippen LogP contribution < -0.4 is 0 Å². The first-order valence-electron chi connectivity index (χ1n) is 12.0. The van der Waals surface area contributed by atoms with E-state index >= 15 is 0 Å². The summed E-state index contributed by atoms with van der Waals surface area (Å²) in [6.45, 7) is 9.22. The number of carbonyl (C=O) groups is 2. The zero-order valence-electron chi connectivity index (χ0n) is 20.2. The number of imidazole rings is 1. The Bertz CT molecular complexity index is 1310. The van der Waals surface area contributed by atoms with Crippen LogP contribution in [-0.2, 0) is 35.8 Å². The van der Waals surface area contributed by atoms with Gasteiger partial charge in [0.15, 0.2) is 0 Å². The van der Waals surface area contributed by atoms with Crippen molar-refractivity contribution < 1.29 is 24.2 Å². The predicted octanol–water partition coefficient (Wildman–Crippen LogP) is 3.77. The lowest BCUT2D eigenvalue weighted by Gasteiger charge is -2.29. The number of hydrogen-bond donors (Lipinski definition) is 1. The quantitative estimate of drug-likeness (QED) is 0.574. The zero-order chi connectivity index (χ0) is 24.7. The smallest absolute Gasteiger partial charge is 0.338 e. The van der Waals surface area contributed by atoms with Gasteiger partial charge in [-0.25, -0.2) is 14.6 Å². The Morgan fingerprint density at radius 2 is 1.77 bits per heavy atom. The van der Waals surface area contributed by atoms with Gasteiger partial charge in [-0.3, -0.25) is 4.90 Å². The van der Waals surface area contributed by atoms with Crippen LogP contribution in [0.25, 0.3) is 11.3 Å². The number of benzene rings is 2. The first kappa shape index (κ1) is 23.3. The van der Waals surface area contributed by atoms with Gasteiger partial charge in [0.05, 0.1) is 29.5 Å². The molecule has 8 nitrogen and oxygen atoms in total. The number of ether oxygens (including phenoxy) is 2. The SMILES string of the molecule is CC.Cc1c(C(O)CN2CCn3cc(-c4ccc5c(c4)COC5=O)nc3C2)ccc2c1COC2=O. The number of fused-ring (bicyclic) bond motifs is 3. The second kappa shape index (κ2) is 9.28. The molecule has 0 saturated carbocycles. The molecule has 0 bridgehead atoms. The first-order chi connectivity index (χ1) is 17.0. The normalized spacial score (nSPS) is 17.0. The molecule has 1 atom stereocenters. The molecule has 35 heavy (non-hydrogen) atoms. The minimum absolute atomic E-state index is 0.271. The fourth-order valence-electron chi connectivity index (χ4n) is 4.96. The molecule has 2 aromatic carbocycles. The van der Waals surface area contributed by atoms with Crippen molar-refractivity contribution in [3.05, 3.63) is 75.7 Å². The van der Waals surface area contributed by atoms with Gasteiger partial charge in [-0.15, -0.1) is 0 Å². The number of β-amino-alcohol motifs (C(OH)–C–C–N with tert-alkyl or cyclic N) is 1. The van der Waals surface area contributed by atoms with Crippen LogP contribution in [0.15, 0.2) is 36.5 Å². The third kappa shape index (κ3) is 4.13. The van der Waals surface area contributed by atoms with Crippen LogP contribution in [0.4, 0.5) is 0 Å². The Morgan fingerprint density at radius 1 is 1.03 bits per heavy atom. The fraction of sp³-hybridized carbons (Fsp3) is 0.370. The van der Waals surface area contributed by atoms with Gasteiger partial charge < -0.3 is 19.1 Å². The number of hydrogen-bond acceptors (Lipinski definition) is 7. The van der Waals surface area contributed by atoms with Crippen molar-refractivity contribution in [3.63, 3.8) is 0 Å². The number of aliphatic hydroxyl groups excluding tert-OH is 1. The Balaban J connectivity index is 0.00000124. The number of esters is 2. The molecular weight excluding hydrogens is 446 g/mol. The van der Waals surface area contributed by atoms with E-state index < -0.39 is 6.10 Å². The summed E-state index contributed by atoms with van der Waals surface area (Å²) in [7, 11) is 0. The van der Waals surface area contributed by atoms with Gasteiger partial charge in [-0.2, -0.15) is 0 Å². The fourth-order valence-corrected chi connectivity index (χ4v) is 4.96. The Kier molecular flexibility index (Phi) is 6.17. The summed E-state index contributed by atoms with van der Waals surface area (Å²) in [5.41, 5.74) is 6.57. The van der Waals surface area contributed by atoms with Crippen molar-refractivity contribution in [1.82, 2.24) is 14.5 Å². The summed E-state index contributed by atoms with van der Waals surface area (Å²) >= 11 is 0. The lowest BCUT2D eigenvalue weighted by atomic mass is 9.95. The maximum absolute atomic E-state index is 11.8. The van der Waals surface area contributed by atoms with Gasteiger partial charge in [-0.1, -0.05) is 26.0 Å². The lowest BCUT2D eigenvalue weighted by molar-refractivity contribution is 0.0526. The second-order valence-corrected chi connectivity index (χ2v) is 8.82. The average Bonchev–Trinajstić information content (AvgIpc) is 3.57. The van der Waals surface area contributed by atoms with Gasteiger partial charge >= 0.3 is 11.9 Å². The standard InChI is InChI=1S/C25H23N3O5.C2H6/c1-14-17(4-5-19-20(14)13-33-25(19)31)22(29)10-27-6-7-28-9-21(26-23(28)11-27)15-2-3-18-16(8-15)12-32-24(18)30;1-2/h2-5,8-9,22,29H,6-7,10-13H2,1H3;1-2H3. The van der Waals surface area contributed by atoms with E-state index in [1.54, 1.807) is 12.1 Å². The highest BCUT2D eigenvalue weighted by Gasteiger charge is 2.28. The van der Waals surface area contributed by atoms with Crippen LogP contribution in [0.2, 0.25) is 0 Å². The van der Waals surface area contributed by atoms with Crippen LogP contribution in [0, 0.1) is 6.92 Å². The van der Waals surface area contributed by atoms with E-state index in [1.807, 2.05) is 45.2 Å². The summed E-state index contributed by atoms with van der Waals surface area (Å²) < 4.78 is 12.4. The number of nitrogens with zero attached hydrogens (tertiary/aromatic N) is 3. The summed E-state index contributed by atoms with van der Waals surface area (Å²) in [6.07, 6.45) is 1.38. The van der Waals surface area contributed by atoms with E-state index in [1.165, 1.54) is 0 Å². The van der Waals surface area contributed by atoms with Gasteiger partial charge in [0.25, 0.3) is 0 Å². The molecule has 8 heteroatoms. The zero-order valence-corrected chi connectivity index (χ0v) is 20.2. The molecule has 1 unspecified atom stereocenters. The van der Waals surface area contributed by atoms with Crippen molar-refractivity contribution in [3.8, 4) is 11.3 Å². The van der Waals surface area contributed by atoms with Crippen molar-refractivity contribution in [1.29, 1.82) is 0 Å². The van der Waals surface area contributed by atoms with Gasteiger partial charge in [0.2, 0.25) is 0 Å². The van der Waals surface area contributed by atoms with E-state index in [9.17, 15) is 14.7 Å². The maximum Gasteiger partial charge on any atom is 0.338 e. The minimum atomic E-state index is -0.666. The molecule has 0 spiro atoms. The summed E-state index contributed by atoms with van der Waals surface area (Å²) in [6, 6.07) is 9.27. The molecule has 0 aliphatic carbocycles. The second-order valence-electron chi connectivity index (χ2n) is 8.82. The first-order valence-corrected chi connectivity index (χ1v) is 12.0. The third-order valence-corrected chi connectivity index (χ3v) is 6.86. The van der Waals surface area contributed by atoms with Crippen LogP contribution in [0.1, 0.15) is 68.7 Å². The van der Waals surface area contributed by atoms with Crippen LogP contribution >= 0.6 is 0 Å². The average molecular weight is 476 g/mol. The maximum atomic E-state index is 11.8. The van der Waals surface area contributed by atoms with E-state index in [0.29, 0.717) is 30.8 Å². The number of carbonyl (C=O) groups excluding carboxylic acids is 2. The molecule has 0 amide bonds. The molecule has 0 radical (unpaired) electrons. The summed E-state index contributed by atoms with van der Waals surface area (Å²) in [5, 5.41) is 11.0. The molecule has 1 aromatic heterocycles. The van der Waals surface area contributed by atoms with Gasteiger partial charge in [0, 0.05) is 42.5 Å². The van der Waals surface area contributed by atoms with Crippen molar-refractivity contribution >= 4 is 11.9 Å². The highest BCUT2D eigenvalue weighted by molar-refractivity contribution is 5.94. The number of aliphatic hydroxyl groups is 1. The van der Waals surface area contributed by atoms with E-state index in [0.717, 1.165) is 52.4 Å². The van der Waals surface area contributed by atoms with Crippen molar-refractivity contribution in [2.24, 2.45) is 0 Å². The molecule has 3 aromatic rings. The van der Waals surface area contributed by atoms with Crippen LogP contribution in [-0.4, -0.2) is 44.6 Å². The number of cyclic esters (lactones) is 2. The highest BCUT2D eigenvalue weighted by Crippen LogP contribution is 2.31. The predicted molar refractivity (Wildman–Crippen MR) is 129 cm³/mol. The molecule has 3 aliphatic heterocycles. The molecule has 3 aliphatic rings. The Morgan fingerprint density at radius 3 is 2.60 bits per heavy atom. The lowest BCUT2D eigenvalue weighted by Crippen LogP contribution is -2.36.